The molecule has 19 heteroatoms. The highest BCUT2D eigenvalue weighted by molar-refractivity contribution is 5.97. The van der Waals surface area contributed by atoms with Gasteiger partial charge in [0, 0.05) is 56.7 Å². The van der Waals surface area contributed by atoms with E-state index in [9.17, 15) is 50.3 Å². The zero-order valence-corrected chi connectivity index (χ0v) is 32.1. The Balaban J connectivity index is 0.964. The molecular weight excluding hydrogens is 804 g/mol. The Labute approximate surface area is 340 Å². The number of nitrogens with zero attached hydrogens (tertiary/aromatic N) is 1. The van der Waals surface area contributed by atoms with Crippen LogP contribution in [0.5, 0.6) is 5.75 Å². The molecule has 0 bridgehead atoms. The molecule has 2 aliphatic heterocycles. The molecule has 1 saturated carbocycles. The third kappa shape index (κ3) is 11.5. The molecule has 3 amide bonds. The average Bonchev–Trinajstić information content (AvgIpc) is 3.69. The number of esters is 2. The lowest BCUT2D eigenvalue weighted by molar-refractivity contribution is -0.205. The van der Waals surface area contributed by atoms with E-state index in [2.05, 4.69) is 30.9 Å². The summed E-state index contributed by atoms with van der Waals surface area (Å²) >= 11 is 0. The van der Waals surface area contributed by atoms with Gasteiger partial charge in [0.25, 0.3) is 0 Å². The van der Waals surface area contributed by atoms with E-state index in [1.54, 1.807) is 0 Å². The molecular formula is C41H43F6N5O8. The zero-order valence-electron chi connectivity index (χ0n) is 32.1. The molecule has 0 spiro atoms. The van der Waals surface area contributed by atoms with Crippen molar-refractivity contribution in [3.63, 3.8) is 0 Å². The largest absolute Gasteiger partial charge is 0.491 e. The second-order valence-electron chi connectivity index (χ2n) is 14.7. The summed E-state index contributed by atoms with van der Waals surface area (Å²) in [6.07, 6.45) is -11.0. The second-order valence-corrected chi connectivity index (χ2v) is 14.7. The normalized spacial score (nSPS) is 19.1. The van der Waals surface area contributed by atoms with Crippen molar-refractivity contribution in [2.24, 2.45) is 5.92 Å². The zero-order chi connectivity index (χ0) is 43.0. The van der Waals surface area contributed by atoms with E-state index in [1.807, 2.05) is 54.6 Å². The number of ether oxygens (including phenoxy) is 3. The topological polar surface area (TPSA) is 164 Å². The molecule has 60 heavy (non-hydrogen) atoms. The molecule has 0 radical (unpaired) electrons. The summed E-state index contributed by atoms with van der Waals surface area (Å²) in [5.74, 6) is -7.01. The quantitative estimate of drug-likeness (QED) is 0.0856. The first kappa shape index (κ1) is 43.9. The first-order valence-corrected chi connectivity index (χ1v) is 19.4. The van der Waals surface area contributed by atoms with Gasteiger partial charge in [-0.05, 0) is 67.3 Å². The van der Waals surface area contributed by atoms with E-state index in [1.165, 1.54) is 0 Å². The number of anilines is 2. The van der Waals surface area contributed by atoms with Crippen molar-refractivity contribution >= 4 is 41.2 Å². The van der Waals surface area contributed by atoms with Crippen molar-refractivity contribution in [3.8, 4) is 16.9 Å². The smallest absolute Gasteiger partial charge is 0.449 e. The number of carbonyl (C=O) groups is 5. The van der Waals surface area contributed by atoms with Crippen molar-refractivity contribution in [2.45, 2.75) is 75.5 Å². The highest BCUT2D eigenvalue weighted by atomic mass is 19.4. The van der Waals surface area contributed by atoms with Gasteiger partial charge in [-0.2, -0.15) is 26.3 Å². The van der Waals surface area contributed by atoms with Crippen LogP contribution < -0.4 is 26.0 Å². The molecule has 0 aromatic heterocycles. The van der Waals surface area contributed by atoms with Gasteiger partial charge in [0.05, 0.1) is 11.4 Å². The van der Waals surface area contributed by atoms with Gasteiger partial charge in [-0.3, -0.25) is 14.9 Å². The van der Waals surface area contributed by atoms with E-state index in [0.29, 0.717) is 64.0 Å². The third-order valence-electron chi connectivity index (χ3n) is 10.6. The first-order chi connectivity index (χ1) is 28.5. The molecule has 3 atom stereocenters. The summed E-state index contributed by atoms with van der Waals surface area (Å²) < 4.78 is 93.8. The van der Waals surface area contributed by atoms with E-state index < -0.39 is 54.1 Å². The molecule has 0 unspecified atom stereocenters. The number of hydrogen-bond donors (Lipinski definition) is 4. The Morgan fingerprint density at radius 1 is 0.833 bits per heavy atom. The third-order valence-corrected chi connectivity index (χ3v) is 10.6. The van der Waals surface area contributed by atoms with Crippen LogP contribution in [0.1, 0.15) is 55.8 Å². The van der Waals surface area contributed by atoms with E-state index >= 15 is 0 Å². The lowest BCUT2D eigenvalue weighted by Gasteiger charge is -2.31. The summed E-state index contributed by atoms with van der Waals surface area (Å²) in [6, 6.07) is 18.7. The molecule has 4 N–H and O–H groups in total. The summed E-state index contributed by atoms with van der Waals surface area (Å²) in [7, 11) is 0. The summed E-state index contributed by atoms with van der Waals surface area (Å²) in [4.78, 5) is 63.7. The van der Waals surface area contributed by atoms with Crippen molar-refractivity contribution in [2.75, 3.05) is 43.4 Å². The van der Waals surface area contributed by atoms with E-state index in [4.69, 9.17) is 9.47 Å². The molecule has 1 aliphatic carbocycles. The van der Waals surface area contributed by atoms with Gasteiger partial charge in [0.1, 0.15) is 12.2 Å². The van der Waals surface area contributed by atoms with Gasteiger partial charge in [-0.25, -0.2) is 14.4 Å². The van der Waals surface area contributed by atoms with Crippen molar-refractivity contribution in [1.82, 2.24) is 15.5 Å². The van der Waals surface area contributed by atoms with Crippen LogP contribution in [-0.2, 0) is 35.1 Å². The highest BCUT2D eigenvalue weighted by Gasteiger charge is 2.44. The van der Waals surface area contributed by atoms with E-state index in [0.717, 1.165) is 23.3 Å². The number of likely N-dealkylation sites (tertiary alicyclic amines) is 1. The molecule has 3 aliphatic rings. The monoisotopic (exact) mass is 847 g/mol. The van der Waals surface area contributed by atoms with Crippen LogP contribution in [0.2, 0.25) is 0 Å². The first-order valence-electron chi connectivity index (χ1n) is 19.4. The molecule has 3 aromatic rings. The maximum Gasteiger partial charge on any atom is 0.491 e. The fourth-order valence-corrected chi connectivity index (χ4v) is 7.61. The van der Waals surface area contributed by atoms with Gasteiger partial charge in [0.2, 0.25) is 11.8 Å². The van der Waals surface area contributed by atoms with Crippen molar-refractivity contribution < 1.29 is 64.5 Å². The molecule has 2 heterocycles. The number of hydrogen-bond acceptors (Lipinski definition) is 10. The standard InChI is InChI=1S/C41H43F6N5O8/c42-40(43,44)37(55)59-32-14-12-29(30-13-15-34(53)51-35(30)32)33(60-38(56)41(45,46)47)23-49-26-11-10-25(22-26)36(54)48-18-21-52-19-16-27(17-20-52)58-39(57)50-31-9-5-4-8-28(31)24-6-2-1-3-7-24/h1-9,12,14,25-27,33,49H,10-11,13,15-23H2,(H,48,54)(H,50,57)(H,51,53)/t25-,26+,33+/m1/s1. The second kappa shape index (κ2) is 19.1. The number of nitrogens with one attached hydrogen (secondary N) is 4. The fourth-order valence-electron chi connectivity index (χ4n) is 7.61. The lowest BCUT2D eigenvalue weighted by Crippen LogP contribution is -2.43. The summed E-state index contributed by atoms with van der Waals surface area (Å²) in [6.45, 7) is 1.86. The van der Waals surface area contributed by atoms with Crippen LogP contribution in [0.15, 0.2) is 66.7 Å². The SMILES string of the molecule is O=C1CCc2c([C@H](CN[C@H]3CC[C@@H](C(=O)NCCN4CCC(OC(=O)Nc5ccccc5-c5ccccc5)CC4)C3)OC(=O)C(F)(F)F)ccc(OC(=O)C(F)(F)F)c2N1. The number of amides is 3. The van der Waals surface area contributed by atoms with Crippen LogP contribution in [0.3, 0.4) is 0 Å². The van der Waals surface area contributed by atoms with E-state index in [-0.39, 0.29) is 54.3 Å². The van der Waals surface area contributed by atoms with Crippen LogP contribution in [0, 0.1) is 5.92 Å². The molecule has 2 fully saturated rings. The van der Waals surface area contributed by atoms with Crippen molar-refractivity contribution in [3.05, 3.63) is 77.9 Å². The van der Waals surface area contributed by atoms with Crippen LogP contribution in [0.4, 0.5) is 42.5 Å². The minimum atomic E-state index is -5.37. The number of piperidine rings is 1. The van der Waals surface area contributed by atoms with Gasteiger partial charge >= 0.3 is 30.4 Å². The molecule has 3 aromatic carbocycles. The highest BCUT2D eigenvalue weighted by Crippen LogP contribution is 2.40. The number of carbonyl (C=O) groups excluding carboxylic acids is 5. The van der Waals surface area contributed by atoms with Gasteiger partial charge in [0.15, 0.2) is 5.75 Å². The summed E-state index contributed by atoms with van der Waals surface area (Å²) in [5.41, 5.74) is 2.12. The Morgan fingerprint density at radius 3 is 2.25 bits per heavy atom. The maximum absolute atomic E-state index is 13.3. The van der Waals surface area contributed by atoms with Crippen molar-refractivity contribution in [1.29, 1.82) is 0 Å². The van der Waals surface area contributed by atoms with Gasteiger partial charge < -0.3 is 35.1 Å². The Morgan fingerprint density at radius 2 is 1.53 bits per heavy atom. The van der Waals surface area contributed by atoms with Gasteiger partial charge in [-0.1, -0.05) is 54.6 Å². The van der Waals surface area contributed by atoms with Crippen LogP contribution in [-0.4, -0.2) is 92.0 Å². The minimum Gasteiger partial charge on any atom is -0.449 e. The predicted molar refractivity (Wildman–Crippen MR) is 204 cm³/mol. The lowest BCUT2D eigenvalue weighted by atomic mass is 9.93. The summed E-state index contributed by atoms with van der Waals surface area (Å²) in [5, 5.41) is 11.2. The van der Waals surface area contributed by atoms with Crippen LogP contribution >= 0.6 is 0 Å². The number of para-hydroxylation sites is 1. The molecule has 6 rings (SSSR count). The fraction of sp³-hybridized carbons (Fsp3) is 0.439. The predicted octanol–water partition coefficient (Wildman–Crippen LogP) is 6.44. The van der Waals surface area contributed by atoms with Gasteiger partial charge in [-0.15, -0.1) is 0 Å². The number of fused-ring (bicyclic) bond motifs is 1. The van der Waals surface area contributed by atoms with Crippen LogP contribution in [0.25, 0.3) is 11.1 Å². The Hall–Kier alpha value is -5.69. The number of rotatable bonds is 13. The minimum absolute atomic E-state index is 0.0375. The molecule has 13 nitrogen and oxygen atoms in total. The molecule has 322 valence electrons. The number of benzene rings is 3. The average molecular weight is 848 g/mol. The maximum atomic E-state index is 13.3. The number of halogens is 6. The Bertz CT molecular complexity index is 2040. The molecule has 1 saturated heterocycles. The number of alkyl halides is 6. The Kier molecular flexibility index (Phi) is 14.0.